The lowest BCUT2D eigenvalue weighted by Crippen LogP contribution is -2.09. The number of rotatable bonds is 5. The fraction of sp³-hybridized carbons (Fsp3) is 0.188. The molecule has 2 aromatic rings. The van der Waals surface area contributed by atoms with Gasteiger partial charge >= 0.3 is 5.97 Å². The number of hydrogen-bond donors (Lipinski definition) is 2. The van der Waals surface area contributed by atoms with E-state index >= 15 is 0 Å². The van der Waals surface area contributed by atoms with Crippen LogP contribution < -0.4 is 4.74 Å². The maximum absolute atomic E-state index is 11.1. The van der Waals surface area contributed by atoms with Crippen LogP contribution in [0, 0.1) is 0 Å². The third-order valence-corrected chi connectivity index (χ3v) is 3.11. The maximum Gasteiger partial charge on any atom is 0.336 e. The summed E-state index contributed by atoms with van der Waals surface area (Å²) in [4.78, 5) is 11.1. The summed E-state index contributed by atoms with van der Waals surface area (Å²) in [5.41, 5.74) is 1.43. The molecule has 2 N–H and O–H groups in total. The normalized spacial score (nSPS) is 11.9. The third-order valence-electron chi connectivity index (χ3n) is 3.11. The van der Waals surface area contributed by atoms with Crippen molar-refractivity contribution in [2.45, 2.75) is 12.5 Å². The second-order valence-corrected chi connectivity index (χ2v) is 4.46. The highest BCUT2D eigenvalue weighted by atomic mass is 16.5. The third kappa shape index (κ3) is 3.16. The molecular weight excluding hydrogens is 256 g/mol. The summed E-state index contributed by atoms with van der Waals surface area (Å²) in [6.45, 7) is 0. The standard InChI is InChI=1S/C16H16O4/c1-20-12-6-4-5-11(9-12)10-15(17)13-7-2-3-8-14(13)16(18)19/h2-9,15,17H,10H2,1H3,(H,18,19)/t15-/m1/s1. The van der Waals surface area contributed by atoms with Crippen molar-refractivity contribution < 1.29 is 19.7 Å². The van der Waals surface area contributed by atoms with Gasteiger partial charge in [-0.1, -0.05) is 30.3 Å². The fourth-order valence-corrected chi connectivity index (χ4v) is 2.11. The van der Waals surface area contributed by atoms with Crippen molar-refractivity contribution in [1.29, 1.82) is 0 Å². The van der Waals surface area contributed by atoms with Crippen molar-refractivity contribution in [3.8, 4) is 5.75 Å². The molecule has 1 atom stereocenters. The number of carboxylic acid groups (broad SMARTS) is 1. The van der Waals surface area contributed by atoms with Crippen LogP contribution in [0.3, 0.4) is 0 Å². The number of aromatic carboxylic acids is 1. The quantitative estimate of drug-likeness (QED) is 0.878. The van der Waals surface area contributed by atoms with Crippen LogP contribution in [-0.2, 0) is 6.42 Å². The Labute approximate surface area is 117 Å². The van der Waals surface area contributed by atoms with Gasteiger partial charge in [0.05, 0.1) is 18.8 Å². The number of aliphatic hydroxyl groups excluding tert-OH is 1. The molecule has 0 aliphatic carbocycles. The zero-order chi connectivity index (χ0) is 14.5. The van der Waals surface area contributed by atoms with E-state index in [0.717, 1.165) is 5.56 Å². The van der Waals surface area contributed by atoms with Crippen LogP contribution in [-0.4, -0.2) is 23.3 Å². The predicted molar refractivity (Wildman–Crippen MR) is 75.1 cm³/mol. The van der Waals surface area contributed by atoms with E-state index in [-0.39, 0.29) is 5.56 Å². The number of benzene rings is 2. The first-order chi connectivity index (χ1) is 9.61. The summed E-state index contributed by atoms with van der Waals surface area (Å²) in [5, 5.41) is 19.4. The molecule has 0 aromatic heterocycles. The number of methoxy groups -OCH3 is 1. The van der Waals surface area contributed by atoms with Gasteiger partial charge in [0.2, 0.25) is 0 Å². The number of carbonyl (C=O) groups is 1. The highest BCUT2D eigenvalue weighted by Crippen LogP contribution is 2.23. The van der Waals surface area contributed by atoms with Crippen LogP contribution in [0.4, 0.5) is 0 Å². The van der Waals surface area contributed by atoms with Gasteiger partial charge < -0.3 is 14.9 Å². The van der Waals surface area contributed by atoms with Crippen molar-refractivity contribution in [3.63, 3.8) is 0 Å². The first kappa shape index (κ1) is 14.1. The molecule has 0 heterocycles. The number of carboxylic acids is 1. The molecule has 0 spiro atoms. The van der Waals surface area contributed by atoms with Gasteiger partial charge in [0.25, 0.3) is 0 Å². The van der Waals surface area contributed by atoms with E-state index in [1.54, 1.807) is 25.3 Å². The Morgan fingerprint density at radius 1 is 1.20 bits per heavy atom. The summed E-state index contributed by atoms with van der Waals surface area (Å²) in [5.74, 6) is -0.327. The van der Waals surface area contributed by atoms with Crippen LogP contribution in [0.25, 0.3) is 0 Å². The lowest BCUT2D eigenvalue weighted by Gasteiger charge is -2.14. The van der Waals surface area contributed by atoms with Crippen LogP contribution in [0.5, 0.6) is 5.75 Å². The lowest BCUT2D eigenvalue weighted by atomic mass is 9.97. The highest BCUT2D eigenvalue weighted by molar-refractivity contribution is 5.89. The Morgan fingerprint density at radius 2 is 1.95 bits per heavy atom. The molecular formula is C16H16O4. The molecule has 0 saturated carbocycles. The monoisotopic (exact) mass is 272 g/mol. The molecule has 2 rings (SSSR count). The SMILES string of the molecule is COc1cccc(C[C@@H](O)c2ccccc2C(=O)O)c1. The minimum Gasteiger partial charge on any atom is -0.497 e. The lowest BCUT2D eigenvalue weighted by molar-refractivity contribution is 0.0689. The summed E-state index contributed by atoms with van der Waals surface area (Å²) >= 11 is 0. The molecule has 4 nitrogen and oxygen atoms in total. The zero-order valence-corrected chi connectivity index (χ0v) is 11.1. The van der Waals surface area contributed by atoms with Crippen molar-refractivity contribution in [3.05, 3.63) is 65.2 Å². The highest BCUT2D eigenvalue weighted by Gasteiger charge is 2.16. The maximum atomic E-state index is 11.1. The van der Waals surface area contributed by atoms with Crippen LogP contribution in [0.2, 0.25) is 0 Å². The number of aliphatic hydroxyl groups is 1. The molecule has 0 aliphatic heterocycles. The Hall–Kier alpha value is -2.33. The van der Waals surface area contributed by atoms with E-state index in [1.165, 1.54) is 6.07 Å². The Balaban J connectivity index is 2.23. The Morgan fingerprint density at radius 3 is 2.65 bits per heavy atom. The van der Waals surface area contributed by atoms with E-state index in [0.29, 0.717) is 17.7 Å². The number of ether oxygens (including phenoxy) is 1. The molecule has 0 amide bonds. The zero-order valence-electron chi connectivity index (χ0n) is 11.1. The van der Waals surface area contributed by atoms with E-state index in [4.69, 9.17) is 9.84 Å². The Kier molecular flexibility index (Phi) is 4.38. The van der Waals surface area contributed by atoms with Gasteiger partial charge in [0.15, 0.2) is 0 Å². The van der Waals surface area contributed by atoms with Crippen molar-refractivity contribution in [2.75, 3.05) is 7.11 Å². The van der Waals surface area contributed by atoms with Crippen molar-refractivity contribution in [2.24, 2.45) is 0 Å². The minimum absolute atomic E-state index is 0.128. The summed E-state index contributed by atoms with van der Waals surface area (Å²) in [6, 6.07) is 13.8. The first-order valence-electron chi connectivity index (χ1n) is 6.25. The molecule has 0 bridgehead atoms. The fourth-order valence-electron chi connectivity index (χ4n) is 2.11. The van der Waals surface area contributed by atoms with Crippen molar-refractivity contribution in [1.82, 2.24) is 0 Å². The summed E-state index contributed by atoms with van der Waals surface area (Å²) < 4.78 is 5.13. The first-order valence-corrected chi connectivity index (χ1v) is 6.25. The second kappa shape index (κ2) is 6.21. The Bertz CT molecular complexity index is 607. The molecule has 0 unspecified atom stereocenters. The van der Waals surface area contributed by atoms with Crippen molar-refractivity contribution >= 4 is 5.97 Å². The van der Waals surface area contributed by atoms with Gasteiger partial charge in [-0.15, -0.1) is 0 Å². The molecule has 0 radical (unpaired) electrons. The molecule has 0 fully saturated rings. The molecule has 0 aliphatic rings. The van der Waals surface area contributed by atoms with Gasteiger partial charge in [-0.3, -0.25) is 0 Å². The van der Waals surface area contributed by atoms with Gasteiger partial charge in [-0.05, 0) is 29.3 Å². The number of hydrogen-bond acceptors (Lipinski definition) is 3. The van der Waals surface area contributed by atoms with Gasteiger partial charge in [0, 0.05) is 6.42 Å². The average molecular weight is 272 g/mol. The average Bonchev–Trinajstić information content (AvgIpc) is 2.47. The molecule has 104 valence electrons. The summed E-state index contributed by atoms with van der Waals surface area (Å²) in [6.07, 6.45) is -0.531. The predicted octanol–water partition coefficient (Wildman–Crippen LogP) is 2.67. The van der Waals surface area contributed by atoms with Gasteiger partial charge in [0.1, 0.15) is 5.75 Å². The van der Waals surface area contributed by atoms with Gasteiger partial charge in [-0.2, -0.15) is 0 Å². The second-order valence-electron chi connectivity index (χ2n) is 4.46. The van der Waals surface area contributed by atoms with Crippen LogP contribution in [0.1, 0.15) is 27.6 Å². The minimum atomic E-state index is -1.04. The molecule has 4 heteroatoms. The van der Waals surface area contributed by atoms with Gasteiger partial charge in [-0.25, -0.2) is 4.79 Å². The van der Waals surface area contributed by atoms with Crippen LogP contribution >= 0.6 is 0 Å². The van der Waals surface area contributed by atoms with E-state index in [2.05, 4.69) is 0 Å². The van der Waals surface area contributed by atoms with E-state index in [1.807, 2.05) is 24.3 Å². The van der Waals surface area contributed by atoms with E-state index in [9.17, 15) is 9.90 Å². The van der Waals surface area contributed by atoms with Crippen LogP contribution in [0.15, 0.2) is 48.5 Å². The summed E-state index contributed by atoms with van der Waals surface area (Å²) in [7, 11) is 1.58. The molecule has 0 saturated heterocycles. The molecule has 20 heavy (non-hydrogen) atoms. The smallest absolute Gasteiger partial charge is 0.336 e. The largest absolute Gasteiger partial charge is 0.497 e. The van der Waals surface area contributed by atoms with E-state index < -0.39 is 12.1 Å². The molecule has 2 aromatic carbocycles. The topological polar surface area (TPSA) is 66.8 Å².